The Morgan fingerprint density at radius 2 is 1.51 bits per heavy atom. The van der Waals surface area contributed by atoms with Crippen molar-refractivity contribution in [3.8, 4) is 0 Å². The van der Waals surface area contributed by atoms with Gasteiger partial charge in [-0.1, -0.05) is 44.2 Å². The van der Waals surface area contributed by atoms with Crippen molar-refractivity contribution in [2.75, 3.05) is 6.54 Å². The summed E-state index contributed by atoms with van der Waals surface area (Å²) in [6.45, 7) is 4.31. The van der Waals surface area contributed by atoms with Crippen LogP contribution < -0.4 is 10.0 Å². The number of unbranched alkanes of at least 4 members (excludes halogenated alkanes) is 1. The summed E-state index contributed by atoms with van der Waals surface area (Å²) in [4.78, 5) is 40.8. The number of aromatic nitrogens is 1. The molecule has 0 spiro atoms. The van der Waals surface area contributed by atoms with Crippen LogP contribution in [0.2, 0.25) is 0 Å². The molecule has 2 N–H and O–H groups in total. The number of benzene rings is 2. The Bertz CT molecular complexity index is 1350. The van der Waals surface area contributed by atoms with E-state index in [-0.39, 0.29) is 28.2 Å². The van der Waals surface area contributed by atoms with Gasteiger partial charge in [-0.15, -0.1) is 0 Å². The zero-order valence-electron chi connectivity index (χ0n) is 22.1. The maximum Gasteiger partial charge on any atom is 0.357 e. The molecule has 0 aliphatic rings. The summed E-state index contributed by atoms with van der Waals surface area (Å²) in [5, 5.41) is 2.83. The fourth-order valence-corrected chi connectivity index (χ4v) is 4.72. The van der Waals surface area contributed by atoms with E-state index in [0.29, 0.717) is 24.9 Å². The van der Waals surface area contributed by atoms with Crippen molar-refractivity contribution in [2.24, 2.45) is 0 Å². The van der Waals surface area contributed by atoms with Crippen LogP contribution in [0.5, 0.6) is 0 Å². The Labute approximate surface area is 229 Å². The molecule has 39 heavy (non-hydrogen) atoms. The van der Waals surface area contributed by atoms with Gasteiger partial charge >= 0.3 is 5.97 Å². The normalized spacial score (nSPS) is 11.2. The maximum absolute atomic E-state index is 12.7. The molecule has 0 unspecified atom stereocenters. The van der Waals surface area contributed by atoms with Crippen LogP contribution in [0, 0.1) is 0 Å². The van der Waals surface area contributed by atoms with Crippen molar-refractivity contribution in [1.82, 2.24) is 15.0 Å². The van der Waals surface area contributed by atoms with Gasteiger partial charge in [-0.2, -0.15) is 0 Å². The molecule has 0 radical (unpaired) electrons. The summed E-state index contributed by atoms with van der Waals surface area (Å²) in [5.74, 6) is -1.82. The Balaban J connectivity index is 1.50. The number of rotatable bonds is 13. The van der Waals surface area contributed by atoms with Crippen LogP contribution in [0.25, 0.3) is 0 Å². The van der Waals surface area contributed by atoms with Gasteiger partial charge in [0.25, 0.3) is 21.8 Å². The number of amides is 2. The van der Waals surface area contributed by atoms with Gasteiger partial charge in [0.1, 0.15) is 11.8 Å². The second kappa shape index (κ2) is 14.2. The van der Waals surface area contributed by atoms with E-state index < -0.39 is 21.9 Å². The lowest BCUT2D eigenvalue weighted by Crippen LogP contribution is -2.31. The maximum atomic E-state index is 12.7. The monoisotopic (exact) mass is 551 g/mol. The zero-order valence-corrected chi connectivity index (χ0v) is 22.9. The molecule has 0 aliphatic carbocycles. The van der Waals surface area contributed by atoms with Gasteiger partial charge in [-0.05, 0) is 74.1 Å². The van der Waals surface area contributed by atoms with Crippen molar-refractivity contribution in [3.63, 3.8) is 0 Å². The van der Waals surface area contributed by atoms with Gasteiger partial charge < -0.3 is 10.1 Å². The summed E-state index contributed by atoms with van der Waals surface area (Å²) in [6, 6.07) is 18.0. The molecule has 1 heterocycles. The second-order valence-electron chi connectivity index (χ2n) is 8.93. The number of hydrogen-bond donors (Lipinski definition) is 2. The summed E-state index contributed by atoms with van der Waals surface area (Å²) < 4.78 is 32.7. The zero-order chi connectivity index (χ0) is 28.3. The molecule has 9 nitrogen and oxygen atoms in total. The van der Waals surface area contributed by atoms with E-state index in [2.05, 4.69) is 22.4 Å². The van der Waals surface area contributed by atoms with E-state index in [0.717, 1.165) is 25.5 Å². The number of hydrogen-bond acceptors (Lipinski definition) is 7. The van der Waals surface area contributed by atoms with Gasteiger partial charge in [0.05, 0.1) is 10.5 Å². The fraction of sp³-hybridized carbons (Fsp3) is 0.310. The third-order valence-corrected chi connectivity index (χ3v) is 7.44. The second-order valence-corrected chi connectivity index (χ2v) is 10.6. The first-order valence-electron chi connectivity index (χ1n) is 12.9. The highest BCUT2D eigenvalue weighted by molar-refractivity contribution is 7.90. The van der Waals surface area contributed by atoms with Crippen molar-refractivity contribution in [3.05, 3.63) is 95.3 Å². The third-order valence-electron chi connectivity index (χ3n) is 6.09. The van der Waals surface area contributed by atoms with E-state index >= 15 is 0 Å². The molecule has 0 bridgehead atoms. The van der Waals surface area contributed by atoms with Crippen molar-refractivity contribution in [2.45, 2.75) is 57.0 Å². The number of aryl methyl sites for hydroxylation is 1. The first-order chi connectivity index (χ1) is 18.7. The topological polar surface area (TPSA) is 132 Å². The van der Waals surface area contributed by atoms with Crippen LogP contribution >= 0.6 is 0 Å². The number of carbonyl (C=O) groups is 3. The molecule has 1 aromatic heterocycles. The SMILES string of the molecule is CCC(CC)OC(=O)c1ccc(C(=O)NS(=O)(=O)c2ccc(C(=O)NCCCCc3ccccc3)cc2)cn1. The Kier molecular flexibility index (Phi) is 10.7. The van der Waals surface area contributed by atoms with Crippen LogP contribution in [0.4, 0.5) is 0 Å². The van der Waals surface area contributed by atoms with E-state index in [4.69, 9.17) is 4.74 Å². The molecule has 3 rings (SSSR count). The van der Waals surface area contributed by atoms with Crippen LogP contribution in [0.1, 0.15) is 76.3 Å². The number of pyridine rings is 1. The molecule has 0 saturated carbocycles. The third kappa shape index (κ3) is 8.75. The minimum Gasteiger partial charge on any atom is -0.458 e. The van der Waals surface area contributed by atoms with E-state index in [9.17, 15) is 22.8 Å². The number of nitrogens with one attached hydrogen (secondary N) is 2. The summed E-state index contributed by atoms with van der Waals surface area (Å²) in [5.41, 5.74) is 1.54. The first kappa shape index (κ1) is 29.5. The fourth-order valence-electron chi connectivity index (χ4n) is 3.74. The number of nitrogens with zero attached hydrogens (tertiary/aromatic N) is 1. The van der Waals surface area contributed by atoms with Crippen LogP contribution in [0.15, 0.2) is 77.8 Å². The first-order valence-corrected chi connectivity index (χ1v) is 14.4. The van der Waals surface area contributed by atoms with Crippen LogP contribution in [-0.2, 0) is 21.2 Å². The van der Waals surface area contributed by atoms with Gasteiger partial charge in [0, 0.05) is 18.3 Å². The summed E-state index contributed by atoms with van der Waals surface area (Å²) >= 11 is 0. The summed E-state index contributed by atoms with van der Waals surface area (Å²) in [6.07, 6.45) is 4.90. The molecule has 3 aromatic rings. The van der Waals surface area contributed by atoms with Gasteiger partial charge in [0.15, 0.2) is 0 Å². The predicted octanol–water partition coefficient (Wildman–Crippen LogP) is 4.30. The van der Waals surface area contributed by atoms with Gasteiger partial charge in [-0.25, -0.2) is 22.9 Å². The molecule has 0 fully saturated rings. The van der Waals surface area contributed by atoms with Crippen molar-refractivity contribution in [1.29, 1.82) is 0 Å². The average Bonchev–Trinajstić information content (AvgIpc) is 2.96. The van der Waals surface area contributed by atoms with Gasteiger partial charge in [0.2, 0.25) is 0 Å². The molecule has 0 saturated heterocycles. The lowest BCUT2D eigenvalue weighted by atomic mass is 10.1. The lowest BCUT2D eigenvalue weighted by Gasteiger charge is -2.13. The van der Waals surface area contributed by atoms with Crippen LogP contribution in [0.3, 0.4) is 0 Å². The highest BCUT2D eigenvalue weighted by Crippen LogP contribution is 2.13. The largest absolute Gasteiger partial charge is 0.458 e. The van der Waals surface area contributed by atoms with Crippen molar-refractivity contribution < 1.29 is 27.5 Å². The number of carbonyl (C=O) groups excluding carboxylic acids is 3. The number of esters is 1. The van der Waals surface area contributed by atoms with Crippen molar-refractivity contribution >= 4 is 27.8 Å². The Morgan fingerprint density at radius 3 is 2.13 bits per heavy atom. The molecule has 2 aromatic carbocycles. The number of ether oxygens (including phenoxy) is 1. The molecule has 0 aliphatic heterocycles. The molecule has 2 amide bonds. The highest BCUT2D eigenvalue weighted by Gasteiger charge is 2.21. The minimum absolute atomic E-state index is 0.0198. The summed E-state index contributed by atoms with van der Waals surface area (Å²) in [7, 11) is -4.20. The van der Waals surface area contributed by atoms with Crippen LogP contribution in [-0.4, -0.2) is 43.8 Å². The molecule has 0 atom stereocenters. The predicted molar refractivity (Wildman–Crippen MR) is 147 cm³/mol. The molecule has 206 valence electrons. The quantitative estimate of drug-likeness (QED) is 0.239. The Morgan fingerprint density at radius 1 is 0.846 bits per heavy atom. The molecular weight excluding hydrogens is 518 g/mol. The van der Waals surface area contributed by atoms with E-state index in [1.807, 2.05) is 36.8 Å². The lowest BCUT2D eigenvalue weighted by molar-refractivity contribution is 0.0277. The molecular formula is C29H33N3O6S. The smallest absolute Gasteiger partial charge is 0.357 e. The minimum atomic E-state index is -4.20. The standard InChI is InChI=1S/C29H33N3O6S/c1-3-24(4-2)38-29(35)26-18-15-23(20-31-26)28(34)32-39(36,37)25-16-13-22(14-17-25)27(33)30-19-9-8-12-21-10-6-5-7-11-21/h5-7,10-11,13-18,20,24H,3-4,8-9,12,19H2,1-2H3,(H,30,33)(H,32,34). The van der Waals surface area contributed by atoms with E-state index in [1.54, 1.807) is 0 Å². The highest BCUT2D eigenvalue weighted by atomic mass is 32.2. The average molecular weight is 552 g/mol. The van der Waals surface area contributed by atoms with Gasteiger partial charge in [-0.3, -0.25) is 9.59 Å². The van der Waals surface area contributed by atoms with E-state index in [1.165, 1.54) is 42.0 Å². The number of sulfonamides is 1. The Hall–Kier alpha value is -4.05. The molecule has 10 heteroatoms.